The summed E-state index contributed by atoms with van der Waals surface area (Å²) in [4.78, 5) is 11.1. The van der Waals surface area contributed by atoms with E-state index < -0.39 is 0 Å². The Balaban J connectivity index is 2.41. The zero-order valence-corrected chi connectivity index (χ0v) is 11.7. The van der Waals surface area contributed by atoms with Gasteiger partial charge < -0.3 is 9.88 Å². The molecule has 2 aromatic rings. The molecular weight excluding hydrogens is 268 g/mol. The van der Waals surface area contributed by atoms with E-state index in [1.807, 2.05) is 18.4 Å². The number of anilines is 1. The highest BCUT2D eigenvalue weighted by Crippen LogP contribution is 2.26. The van der Waals surface area contributed by atoms with Crippen molar-refractivity contribution in [2.45, 2.75) is 32.5 Å². The predicted molar refractivity (Wildman–Crippen MR) is 69.7 cm³/mol. The van der Waals surface area contributed by atoms with Crippen LogP contribution in [0.5, 0.6) is 0 Å². The normalized spacial score (nSPS) is 10.7. The average molecular weight is 282 g/mol. The lowest BCUT2D eigenvalue weighted by atomic mass is 10.4. The first-order valence-corrected chi connectivity index (χ1v) is 6.82. The first kappa shape index (κ1) is 13.5. The zero-order valence-electron chi connectivity index (χ0n) is 10.9. The first-order chi connectivity index (χ1) is 9.17. The summed E-state index contributed by atoms with van der Waals surface area (Å²) in [5.74, 6) is 1.43. The number of carbonyl (C=O) groups is 1. The lowest BCUT2D eigenvalue weighted by molar-refractivity contribution is -0.114. The lowest BCUT2D eigenvalue weighted by Gasteiger charge is -2.04. The van der Waals surface area contributed by atoms with Crippen LogP contribution in [0.3, 0.4) is 0 Å². The van der Waals surface area contributed by atoms with Crippen LogP contribution in [0.4, 0.5) is 5.82 Å². The number of aromatic nitrogens is 5. The largest absolute Gasteiger partial charge is 0.306 e. The molecule has 0 unspecified atom stereocenters. The third-order valence-electron chi connectivity index (χ3n) is 2.30. The maximum absolute atomic E-state index is 11.1. The number of carbonyl (C=O) groups excluding carboxylic acids is 1. The van der Waals surface area contributed by atoms with Gasteiger partial charge in [-0.1, -0.05) is 18.7 Å². The molecule has 1 amide bonds. The Morgan fingerprint density at radius 3 is 2.79 bits per heavy atom. The van der Waals surface area contributed by atoms with Gasteiger partial charge in [-0.2, -0.15) is 0 Å². The van der Waals surface area contributed by atoms with Crippen molar-refractivity contribution in [3.63, 3.8) is 0 Å². The Morgan fingerprint density at radius 1 is 1.37 bits per heavy atom. The van der Waals surface area contributed by atoms with Crippen LogP contribution < -0.4 is 5.32 Å². The highest BCUT2D eigenvalue weighted by atomic mass is 32.2. The number of hydrogen-bond donors (Lipinski definition) is 1. The van der Waals surface area contributed by atoms with Gasteiger partial charge in [0.15, 0.2) is 16.7 Å². The van der Waals surface area contributed by atoms with Crippen LogP contribution in [-0.2, 0) is 11.3 Å². The van der Waals surface area contributed by atoms with E-state index in [4.69, 9.17) is 0 Å². The molecule has 0 radical (unpaired) electrons. The molecule has 2 aromatic heterocycles. The summed E-state index contributed by atoms with van der Waals surface area (Å²) >= 11 is 1.59. The zero-order chi connectivity index (χ0) is 13.8. The van der Waals surface area contributed by atoms with E-state index in [9.17, 15) is 4.79 Å². The molecule has 9 heteroatoms. The van der Waals surface area contributed by atoms with E-state index in [-0.39, 0.29) is 11.7 Å². The number of amides is 1. The molecule has 0 spiro atoms. The van der Waals surface area contributed by atoms with E-state index in [1.54, 1.807) is 11.8 Å². The highest BCUT2D eigenvalue weighted by molar-refractivity contribution is 7.99. The third kappa shape index (κ3) is 2.75. The van der Waals surface area contributed by atoms with Crippen molar-refractivity contribution < 1.29 is 9.42 Å². The van der Waals surface area contributed by atoms with Crippen molar-refractivity contribution >= 4 is 23.5 Å². The van der Waals surface area contributed by atoms with Gasteiger partial charge >= 0.3 is 0 Å². The van der Waals surface area contributed by atoms with E-state index in [0.717, 1.165) is 10.9 Å². The second kappa shape index (κ2) is 5.83. The second-order valence-corrected chi connectivity index (χ2v) is 4.86. The Hall–Kier alpha value is -1.90. The van der Waals surface area contributed by atoms with Gasteiger partial charge in [-0.25, -0.2) is 4.63 Å². The van der Waals surface area contributed by atoms with Crippen LogP contribution in [0.25, 0.3) is 11.5 Å². The smallest absolute Gasteiger partial charge is 0.222 e. The molecule has 0 bridgehead atoms. The summed E-state index contributed by atoms with van der Waals surface area (Å²) in [6.45, 7) is 6.11. The minimum Gasteiger partial charge on any atom is -0.306 e. The third-order valence-corrected chi connectivity index (χ3v) is 3.15. The molecule has 1 N–H and O–H groups in total. The summed E-state index contributed by atoms with van der Waals surface area (Å²) in [5.41, 5.74) is 0.382. The maximum atomic E-state index is 11.1. The van der Waals surface area contributed by atoms with Crippen molar-refractivity contribution in [2.75, 3.05) is 11.1 Å². The second-order valence-electron chi connectivity index (χ2n) is 3.63. The molecule has 0 aliphatic heterocycles. The van der Waals surface area contributed by atoms with Gasteiger partial charge in [-0.05, 0) is 23.0 Å². The summed E-state index contributed by atoms with van der Waals surface area (Å²) in [7, 11) is 0. The van der Waals surface area contributed by atoms with Crippen LogP contribution in [0.1, 0.15) is 20.8 Å². The molecule has 19 heavy (non-hydrogen) atoms. The quantitative estimate of drug-likeness (QED) is 0.828. The standard InChI is InChI=1S/C10H14N6O2S/c1-4-16-9(12-13-10(16)19-5-2)7-8(11-6(3)17)15-18-14-7/h4-5H2,1-3H3,(H,11,15,17). The fourth-order valence-corrected chi connectivity index (χ4v) is 2.30. The van der Waals surface area contributed by atoms with Crippen LogP contribution in [0, 0.1) is 0 Å². The number of thioether (sulfide) groups is 1. The first-order valence-electron chi connectivity index (χ1n) is 5.83. The number of rotatable bonds is 5. The maximum Gasteiger partial charge on any atom is 0.222 e. The lowest BCUT2D eigenvalue weighted by Crippen LogP contribution is -2.08. The monoisotopic (exact) mass is 282 g/mol. The van der Waals surface area contributed by atoms with Crippen LogP contribution in [0.15, 0.2) is 9.79 Å². The summed E-state index contributed by atoms with van der Waals surface area (Å²) in [6.07, 6.45) is 0. The molecule has 0 saturated heterocycles. The van der Waals surface area contributed by atoms with Crippen LogP contribution in [-0.4, -0.2) is 36.7 Å². The Morgan fingerprint density at radius 2 is 2.16 bits per heavy atom. The van der Waals surface area contributed by atoms with E-state index in [1.165, 1.54) is 6.92 Å². The van der Waals surface area contributed by atoms with E-state index in [0.29, 0.717) is 18.1 Å². The molecule has 0 aromatic carbocycles. The fourth-order valence-electron chi connectivity index (χ4n) is 1.57. The molecule has 0 atom stereocenters. The predicted octanol–water partition coefficient (Wildman–Crippen LogP) is 1.42. The van der Waals surface area contributed by atoms with Crippen molar-refractivity contribution in [2.24, 2.45) is 0 Å². The van der Waals surface area contributed by atoms with E-state index >= 15 is 0 Å². The summed E-state index contributed by atoms with van der Waals surface area (Å²) < 4.78 is 6.57. The number of nitrogens with zero attached hydrogens (tertiary/aromatic N) is 5. The molecule has 0 saturated carbocycles. The van der Waals surface area contributed by atoms with Crippen LogP contribution >= 0.6 is 11.8 Å². The van der Waals surface area contributed by atoms with Crippen LogP contribution in [0.2, 0.25) is 0 Å². The van der Waals surface area contributed by atoms with Gasteiger partial charge in [-0.3, -0.25) is 4.79 Å². The molecule has 0 aliphatic rings. The van der Waals surface area contributed by atoms with Gasteiger partial charge in [0.05, 0.1) is 0 Å². The van der Waals surface area contributed by atoms with Gasteiger partial charge in [0.2, 0.25) is 11.7 Å². The fraction of sp³-hybridized carbons (Fsp3) is 0.500. The minimum atomic E-state index is -0.248. The Bertz CT molecular complexity index is 578. The summed E-state index contributed by atoms with van der Waals surface area (Å²) in [5, 5.41) is 19.0. The molecule has 0 aliphatic carbocycles. The van der Waals surface area contributed by atoms with E-state index in [2.05, 4.69) is 30.5 Å². The minimum absolute atomic E-state index is 0.248. The molecular formula is C10H14N6O2S. The molecule has 102 valence electrons. The molecule has 2 rings (SSSR count). The van der Waals surface area contributed by atoms with Gasteiger partial charge in [0.25, 0.3) is 0 Å². The Kier molecular flexibility index (Phi) is 4.15. The van der Waals surface area contributed by atoms with Crippen molar-refractivity contribution in [1.82, 2.24) is 25.1 Å². The average Bonchev–Trinajstić information content (AvgIpc) is 2.95. The van der Waals surface area contributed by atoms with Gasteiger partial charge in [0, 0.05) is 13.5 Å². The SMILES string of the molecule is CCSc1nnc(-c2nonc2NC(C)=O)n1CC. The Labute approximate surface area is 113 Å². The molecule has 8 nitrogen and oxygen atoms in total. The summed E-state index contributed by atoms with van der Waals surface area (Å²) in [6, 6.07) is 0. The topological polar surface area (TPSA) is 98.7 Å². The van der Waals surface area contributed by atoms with Gasteiger partial charge in [0.1, 0.15) is 0 Å². The highest BCUT2D eigenvalue weighted by Gasteiger charge is 2.21. The van der Waals surface area contributed by atoms with Gasteiger partial charge in [-0.15, -0.1) is 10.2 Å². The number of nitrogens with one attached hydrogen (secondary N) is 1. The van der Waals surface area contributed by atoms with Crippen molar-refractivity contribution in [3.05, 3.63) is 0 Å². The van der Waals surface area contributed by atoms with Crippen molar-refractivity contribution in [1.29, 1.82) is 0 Å². The molecule has 2 heterocycles. The number of hydrogen-bond acceptors (Lipinski definition) is 7. The van der Waals surface area contributed by atoms with Crippen molar-refractivity contribution in [3.8, 4) is 11.5 Å². The molecule has 0 fully saturated rings.